The molecule has 2 rings (SSSR count). The lowest BCUT2D eigenvalue weighted by molar-refractivity contribution is -0.150. The SMILES string of the molecule is CCOC(=O)C1(C(C)=O)C(C)N1S(=O)(=O)c1ccc(C)cc1. The van der Waals surface area contributed by atoms with E-state index in [1.807, 2.05) is 6.92 Å². The molecule has 1 saturated heterocycles. The topological polar surface area (TPSA) is 80.5 Å². The van der Waals surface area contributed by atoms with E-state index in [9.17, 15) is 18.0 Å². The standard InChI is InChI=1S/C15H19NO5S/c1-5-21-14(18)15(12(4)17)11(3)16(15)22(19,20)13-8-6-10(2)7-9-13/h6-9,11H,5H2,1-4H3. The first kappa shape index (κ1) is 16.6. The number of carbonyl (C=O) groups is 2. The molecule has 1 heterocycles. The van der Waals surface area contributed by atoms with Crippen molar-refractivity contribution in [2.24, 2.45) is 0 Å². The van der Waals surface area contributed by atoms with Gasteiger partial charge in [-0.05, 0) is 39.8 Å². The van der Waals surface area contributed by atoms with E-state index in [1.165, 1.54) is 26.0 Å². The number of rotatable bonds is 5. The van der Waals surface area contributed by atoms with Crippen LogP contribution in [0.4, 0.5) is 0 Å². The Morgan fingerprint density at radius 3 is 2.27 bits per heavy atom. The molecule has 0 amide bonds. The Balaban J connectivity index is 2.46. The molecule has 3 unspecified atom stereocenters. The van der Waals surface area contributed by atoms with Crippen molar-refractivity contribution < 1.29 is 22.7 Å². The maximum Gasteiger partial charge on any atom is 0.337 e. The van der Waals surface area contributed by atoms with E-state index in [4.69, 9.17) is 4.74 Å². The Hall–Kier alpha value is -1.73. The zero-order chi connectivity index (χ0) is 16.7. The largest absolute Gasteiger partial charge is 0.464 e. The normalized spacial score (nSPS) is 27.3. The Kier molecular flexibility index (Phi) is 4.14. The fourth-order valence-corrected chi connectivity index (χ4v) is 4.68. The summed E-state index contributed by atoms with van der Waals surface area (Å²) in [6, 6.07) is 5.51. The highest BCUT2D eigenvalue weighted by atomic mass is 32.2. The first-order chi connectivity index (χ1) is 10.2. The molecule has 0 spiro atoms. The quantitative estimate of drug-likeness (QED) is 0.463. The number of hydrogen-bond acceptors (Lipinski definition) is 5. The Morgan fingerprint density at radius 2 is 1.82 bits per heavy atom. The molecule has 0 saturated carbocycles. The number of Topliss-reactive ketones (excluding diaryl/α,β-unsaturated/α-hetero) is 1. The van der Waals surface area contributed by atoms with E-state index in [2.05, 4.69) is 0 Å². The predicted octanol–water partition coefficient (Wildman–Crippen LogP) is 1.28. The van der Waals surface area contributed by atoms with Crippen LogP contribution in [0.1, 0.15) is 26.3 Å². The van der Waals surface area contributed by atoms with Gasteiger partial charge in [0.25, 0.3) is 0 Å². The summed E-state index contributed by atoms with van der Waals surface area (Å²) in [4.78, 5) is 24.2. The van der Waals surface area contributed by atoms with E-state index in [0.717, 1.165) is 9.87 Å². The van der Waals surface area contributed by atoms with Gasteiger partial charge < -0.3 is 4.74 Å². The number of ketones is 1. The fraction of sp³-hybridized carbons (Fsp3) is 0.467. The summed E-state index contributed by atoms with van der Waals surface area (Å²) >= 11 is 0. The minimum absolute atomic E-state index is 0.0531. The van der Waals surface area contributed by atoms with Crippen molar-refractivity contribution in [2.75, 3.05) is 6.61 Å². The van der Waals surface area contributed by atoms with Gasteiger partial charge in [-0.3, -0.25) is 4.79 Å². The van der Waals surface area contributed by atoms with Crippen LogP contribution in [0, 0.1) is 6.92 Å². The molecule has 1 aliphatic heterocycles. The second kappa shape index (κ2) is 5.48. The van der Waals surface area contributed by atoms with Crippen molar-refractivity contribution >= 4 is 21.8 Å². The number of carbonyl (C=O) groups excluding carboxylic acids is 2. The summed E-state index contributed by atoms with van der Waals surface area (Å²) in [6.45, 7) is 6.27. The van der Waals surface area contributed by atoms with Crippen molar-refractivity contribution in [1.29, 1.82) is 0 Å². The highest BCUT2D eigenvalue weighted by Crippen LogP contribution is 2.47. The summed E-state index contributed by atoms with van der Waals surface area (Å²) in [5.74, 6) is -1.35. The van der Waals surface area contributed by atoms with Gasteiger partial charge in [0.15, 0.2) is 5.78 Å². The molecule has 3 atom stereocenters. The molecule has 1 aliphatic rings. The first-order valence-electron chi connectivity index (χ1n) is 7.00. The van der Waals surface area contributed by atoms with Crippen LogP contribution in [-0.2, 0) is 24.3 Å². The summed E-state index contributed by atoms with van der Waals surface area (Å²) in [5, 5.41) is 0. The molecular formula is C15H19NO5S. The number of benzene rings is 1. The van der Waals surface area contributed by atoms with Crippen LogP contribution >= 0.6 is 0 Å². The van der Waals surface area contributed by atoms with Gasteiger partial charge in [0, 0.05) is 0 Å². The smallest absolute Gasteiger partial charge is 0.337 e. The highest BCUT2D eigenvalue weighted by Gasteiger charge is 2.75. The minimum atomic E-state index is -3.94. The molecule has 1 fully saturated rings. The van der Waals surface area contributed by atoms with Gasteiger partial charge in [-0.1, -0.05) is 17.7 Å². The number of ether oxygens (including phenoxy) is 1. The Morgan fingerprint density at radius 1 is 1.27 bits per heavy atom. The molecule has 0 N–H and O–H groups in total. The van der Waals surface area contributed by atoms with Crippen LogP contribution < -0.4 is 0 Å². The first-order valence-corrected chi connectivity index (χ1v) is 8.44. The summed E-state index contributed by atoms with van der Waals surface area (Å²) < 4.78 is 31.3. The van der Waals surface area contributed by atoms with Crippen molar-refractivity contribution in [1.82, 2.24) is 4.31 Å². The Bertz CT molecular complexity index is 710. The van der Waals surface area contributed by atoms with Crippen LogP contribution in [0.25, 0.3) is 0 Å². The molecule has 1 aromatic carbocycles. The number of nitrogens with zero attached hydrogens (tertiary/aromatic N) is 1. The van der Waals surface area contributed by atoms with Gasteiger partial charge in [0.05, 0.1) is 17.5 Å². The summed E-state index contributed by atoms with van der Waals surface area (Å²) in [5.41, 5.74) is -0.819. The zero-order valence-corrected chi connectivity index (χ0v) is 13.8. The molecular weight excluding hydrogens is 306 g/mol. The average molecular weight is 325 g/mol. The van der Waals surface area contributed by atoms with E-state index >= 15 is 0 Å². The van der Waals surface area contributed by atoms with Gasteiger partial charge in [-0.2, -0.15) is 4.31 Å². The zero-order valence-electron chi connectivity index (χ0n) is 13.0. The van der Waals surface area contributed by atoms with Gasteiger partial charge in [-0.25, -0.2) is 13.2 Å². The van der Waals surface area contributed by atoms with E-state index in [-0.39, 0.29) is 11.5 Å². The third kappa shape index (κ3) is 2.24. The monoisotopic (exact) mass is 325 g/mol. The second-order valence-corrected chi connectivity index (χ2v) is 7.15. The van der Waals surface area contributed by atoms with Crippen molar-refractivity contribution in [3.05, 3.63) is 29.8 Å². The summed E-state index contributed by atoms with van der Waals surface area (Å²) in [6.07, 6.45) is 0. The third-order valence-electron chi connectivity index (χ3n) is 3.94. The highest BCUT2D eigenvalue weighted by molar-refractivity contribution is 7.89. The molecule has 0 bridgehead atoms. The van der Waals surface area contributed by atoms with Crippen molar-refractivity contribution in [3.63, 3.8) is 0 Å². The van der Waals surface area contributed by atoms with Crippen molar-refractivity contribution in [3.8, 4) is 0 Å². The second-order valence-electron chi connectivity index (χ2n) is 5.33. The minimum Gasteiger partial charge on any atom is -0.464 e. The van der Waals surface area contributed by atoms with Crippen LogP contribution in [0.2, 0.25) is 0 Å². The van der Waals surface area contributed by atoms with Gasteiger partial charge in [-0.15, -0.1) is 0 Å². The molecule has 7 heteroatoms. The van der Waals surface area contributed by atoms with E-state index < -0.39 is 33.4 Å². The van der Waals surface area contributed by atoms with Gasteiger partial charge >= 0.3 is 5.97 Å². The fourth-order valence-electron chi connectivity index (χ4n) is 2.71. The molecule has 1 aromatic rings. The van der Waals surface area contributed by atoms with Crippen LogP contribution in [0.5, 0.6) is 0 Å². The molecule has 0 aliphatic carbocycles. The molecule has 6 nitrogen and oxygen atoms in total. The number of hydrogen-bond donors (Lipinski definition) is 0. The van der Waals surface area contributed by atoms with Crippen LogP contribution in [0.3, 0.4) is 0 Å². The lowest BCUT2D eigenvalue weighted by Crippen LogP contribution is -2.40. The van der Waals surface area contributed by atoms with Crippen molar-refractivity contribution in [2.45, 2.75) is 44.2 Å². The molecule has 0 aromatic heterocycles. The predicted molar refractivity (Wildman–Crippen MR) is 79.7 cm³/mol. The number of aryl methyl sites for hydroxylation is 1. The Labute approximate surface area is 130 Å². The third-order valence-corrected chi connectivity index (χ3v) is 5.93. The van der Waals surface area contributed by atoms with E-state index in [0.29, 0.717) is 0 Å². The lowest BCUT2D eigenvalue weighted by atomic mass is 10.0. The number of sulfonamides is 1. The average Bonchev–Trinajstić information content (AvgIpc) is 3.08. The number of esters is 1. The van der Waals surface area contributed by atoms with Crippen LogP contribution in [-0.4, -0.2) is 42.7 Å². The molecule has 0 radical (unpaired) electrons. The van der Waals surface area contributed by atoms with Gasteiger partial charge in [0.2, 0.25) is 15.6 Å². The van der Waals surface area contributed by atoms with Crippen LogP contribution in [0.15, 0.2) is 29.2 Å². The van der Waals surface area contributed by atoms with Gasteiger partial charge in [0.1, 0.15) is 0 Å². The maximum atomic E-state index is 12.7. The molecule has 22 heavy (non-hydrogen) atoms. The maximum absolute atomic E-state index is 12.7. The molecule has 120 valence electrons. The summed E-state index contributed by atoms with van der Waals surface area (Å²) in [7, 11) is -3.94. The van der Waals surface area contributed by atoms with E-state index in [1.54, 1.807) is 19.1 Å². The lowest BCUT2D eigenvalue weighted by Gasteiger charge is -2.13.